The molecule has 0 aromatic rings. The summed E-state index contributed by atoms with van der Waals surface area (Å²) in [5.41, 5.74) is 0. The maximum absolute atomic E-state index is 8.35. The van der Waals surface area contributed by atoms with Crippen molar-refractivity contribution < 1.29 is 9.59 Å². The number of carbonyl (C=O) groups excluding carboxylic acids is 2. The lowest BCUT2D eigenvalue weighted by atomic mass is 11.3. The van der Waals surface area contributed by atoms with Crippen LogP contribution in [-0.4, -0.2) is 12.2 Å². The van der Waals surface area contributed by atoms with Gasteiger partial charge in [-0.1, -0.05) is 0 Å². The Kier molecular flexibility index (Phi) is 17600. The van der Waals surface area contributed by atoms with E-state index in [0.717, 1.165) is 12.2 Å². The quantitative estimate of drug-likeness (QED) is 0.374. The van der Waals surface area contributed by atoms with Crippen LogP contribution in [0.15, 0.2) is 65.8 Å². The third-order valence-corrected chi connectivity index (χ3v) is 0. The molecule has 2 N–H and O–H groups in total. The van der Waals surface area contributed by atoms with Gasteiger partial charge in [-0.3, -0.25) is 0 Å². The average Bonchev–Trinajstić information content (AvgIpc) is 2.42. The van der Waals surface area contributed by atoms with Gasteiger partial charge < -0.3 is 0 Å². The van der Waals surface area contributed by atoms with E-state index in [1.165, 1.54) is 0 Å². The highest BCUT2D eigenvalue weighted by atomic mass is 16.1. The van der Waals surface area contributed by atoms with E-state index in [1.807, 2.05) is 0 Å². The maximum atomic E-state index is 8.35. The number of hydrogen-bond donors (Lipinski definition) is 2. The summed E-state index contributed by atoms with van der Waals surface area (Å²) in [5.74, 6) is 0. The Bertz CT molecular complexity index is 112. The zero-order valence-electron chi connectivity index (χ0n) is 9.89. The minimum atomic E-state index is 0.750. The number of nitrogens with one attached hydrogen (secondary N) is 2. The zero-order valence-corrected chi connectivity index (χ0v) is 9.89. The molecule has 16 heavy (non-hydrogen) atoms. The first-order valence-corrected chi connectivity index (χ1v) is 3.41. The van der Waals surface area contributed by atoms with Gasteiger partial charge >= 0.3 is 0 Å². The van der Waals surface area contributed by atoms with Gasteiger partial charge in [0.15, 0.2) is 0 Å². The highest BCUT2D eigenvalue weighted by Gasteiger charge is 1.04. The van der Waals surface area contributed by atoms with Crippen LogP contribution in [0.2, 0.25) is 0 Å². The van der Waals surface area contributed by atoms with Gasteiger partial charge in [-0.2, -0.15) is 0 Å². The van der Waals surface area contributed by atoms with Crippen LogP contribution in [0, 0.1) is 10.8 Å². The molecule has 0 atom stereocenters. The zero-order chi connectivity index (χ0) is 15.4. The van der Waals surface area contributed by atoms with Crippen molar-refractivity contribution >= 4 is 12.2 Å². The van der Waals surface area contributed by atoms with Crippen LogP contribution < -0.4 is 0 Å². The molecule has 4 nitrogen and oxygen atoms in total. The van der Waals surface area contributed by atoms with Crippen LogP contribution in [0.4, 0.5) is 0 Å². The lowest BCUT2D eigenvalue weighted by Gasteiger charge is -1.02. The van der Waals surface area contributed by atoms with Gasteiger partial charge in [-0.15, -0.1) is 65.8 Å². The van der Waals surface area contributed by atoms with Crippen molar-refractivity contribution in [3.8, 4) is 0 Å². The SMILES string of the molecule is C=C.C=C.C=C.C=C.C=C.N=C=O.N=C=O. The summed E-state index contributed by atoms with van der Waals surface area (Å²) in [4.78, 5) is 16.7. The van der Waals surface area contributed by atoms with Gasteiger partial charge in [-0.25, -0.2) is 20.4 Å². The van der Waals surface area contributed by atoms with E-state index in [4.69, 9.17) is 20.4 Å². The minimum Gasteiger partial charge on any atom is -0.222 e. The summed E-state index contributed by atoms with van der Waals surface area (Å²) in [5, 5.41) is 10.8. The van der Waals surface area contributed by atoms with Gasteiger partial charge in [0.1, 0.15) is 0 Å². The summed E-state index contributed by atoms with van der Waals surface area (Å²) >= 11 is 0. The van der Waals surface area contributed by atoms with Crippen molar-refractivity contribution in [1.82, 2.24) is 0 Å². The monoisotopic (exact) mass is 226 g/mol. The molecule has 92 valence electrons. The van der Waals surface area contributed by atoms with Crippen LogP contribution in [0.1, 0.15) is 0 Å². The first-order valence-electron chi connectivity index (χ1n) is 3.41. The molecule has 0 amide bonds. The molecule has 0 unspecified atom stereocenters. The average molecular weight is 226 g/mol. The van der Waals surface area contributed by atoms with E-state index < -0.39 is 0 Å². The van der Waals surface area contributed by atoms with Crippen molar-refractivity contribution in [2.24, 2.45) is 0 Å². The van der Waals surface area contributed by atoms with Gasteiger partial charge in [0, 0.05) is 0 Å². The van der Waals surface area contributed by atoms with Gasteiger partial charge in [0.2, 0.25) is 12.2 Å². The molecule has 0 heterocycles. The molecular weight excluding hydrogens is 204 g/mol. The molecule has 0 aliphatic heterocycles. The summed E-state index contributed by atoms with van der Waals surface area (Å²) in [6.45, 7) is 30.0. The fourth-order valence-electron chi connectivity index (χ4n) is 0. The van der Waals surface area contributed by atoms with E-state index in [1.54, 1.807) is 0 Å². The summed E-state index contributed by atoms with van der Waals surface area (Å²) in [6.07, 6.45) is 1.50. The normalized spacial score (nSPS) is 2.25. The van der Waals surface area contributed by atoms with E-state index in [9.17, 15) is 0 Å². The minimum absolute atomic E-state index is 0.750. The van der Waals surface area contributed by atoms with Crippen molar-refractivity contribution in [2.75, 3.05) is 0 Å². The fourth-order valence-corrected chi connectivity index (χ4v) is 0. The van der Waals surface area contributed by atoms with Gasteiger partial charge in [-0.05, 0) is 0 Å². The Balaban J connectivity index is -0.0000000120. The first-order chi connectivity index (χ1) is 7.83. The standard InChI is InChI=1S/5C2H4.2CHNO/c5*1-2;2*2-1-3/h5*1-2H2;2*2H. The molecule has 0 radical (unpaired) electrons. The predicted octanol–water partition coefficient (Wildman–Crippen LogP) is 3.81. The molecule has 0 bridgehead atoms. The molecular formula is C12H22N2O2. The summed E-state index contributed by atoms with van der Waals surface area (Å²) < 4.78 is 0. The highest BCUT2D eigenvalue weighted by molar-refractivity contribution is 5.26. The number of rotatable bonds is 0. The van der Waals surface area contributed by atoms with Crippen LogP contribution in [-0.2, 0) is 9.59 Å². The fraction of sp³-hybridized carbons (Fsp3) is 0. The van der Waals surface area contributed by atoms with Crippen molar-refractivity contribution in [1.29, 1.82) is 10.8 Å². The number of hydrogen-bond acceptors (Lipinski definition) is 4. The van der Waals surface area contributed by atoms with E-state index in [2.05, 4.69) is 65.8 Å². The van der Waals surface area contributed by atoms with Crippen LogP contribution >= 0.6 is 0 Å². The van der Waals surface area contributed by atoms with Crippen molar-refractivity contribution in [2.45, 2.75) is 0 Å². The predicted molar refractivity (Wildman–Crippen MR) is 73.1 cm³/mol. The second kappa shape index (κ2) is 5610. The first kappa shape index (κ1) is 50.1. The van der Waals surface area contributed by atoms with Crippen LogP contribution in [0.25, 0.3) is 0 Å². The molecule has 0 fully saturated rings. The molecule has 0 saturated heterocycles. The smallest absolute Gasteiger partial charge is 0.222 e. The molecule has 0 aromatic heterocycles. The topological polar surface area (TPSA) is 81.8 Å². The van der Waals surface area contributed by atoms with Crippen LogP contribution in [0.3, 0.4) is 0 Å². The maximum Gasteiger partial charge on any atom is 0.231 e. The lowest BCUT2D eigenvalue weighted by molar-refractivity contribution is 0.562. The largest absolute Gasteiger partial charge is 0.231 e. The van der Waals surface area contributed by atoms with E-state index >= 15 is 0 Å². The third-order valence-electron chi connectivity index (χ3n) is 0. The summed E-state index contributed by atoms with van der Waals surface area (Å²) in [7, 11) is 0. The molecule has 0 spiro atoms. The van der Waals surface area contributed by atoms with E-state index in [-0.39, 0.29) is 0 Å². The van der Waals surface area contributed by atoms with Gasteiger partial charge in [0.25, 0.3) is 0 Å². The number of isocyanates is 2. The Hall–Kier alpha value is -2.54. The Morgan fingerprint density at radius 2 is 0.500 bits per heavy atom. The van der Waals surface area contributed by atoms with Crippen LogP contribution in [0.5, 0.6) is 0 Å². The van der Waals surface area contributed by atoms with Crippen molar-refractivity contribution in [3.05, 3.63) is 65.8 Å². The molecule has 0 aromatic carbocycles. The highest BCUT2D eigenvalue weighted by Crippen LogP contribution is 0.878. The Labute approximate surface area is 99.0 Å². The van der Waals surface area contributed by atoms with Gasteiger partial charge in [0.05, 0.1) is 0 Å². The Morgan fingerprint density at radius 3 is 0.500 bits per heavy atom. The molecule has 0 aliphatic rings. The lowest BCUT2D eigenvalue weighted by Crippen LogP contribution is -1.16. The molecule has 0 saturated carbocycles. The molecule has 0 rings (SSSR count). The molecule has 4 heteroatoms. The van der Waals surface area contributed by atoms with E-state index in [0.29, 0.717) is 0 Å². The summed E-state index contributed by atoms with van der Waals surface area (Å²) in [6, 6.07) is 0. The second-order valence-corrected chi connectivity index (χ2v) is 0.204. The van der Waals surface area contributed by atoms with Crippen molar-refractivity contribution in [3.63, 3.8) is 0 Å². The Morgan fingerprint density at radius 1 is 0.500 bits per heavy atom. The molecule has 0 aliphatic carbocycles. The second-order valence-electron chi connectivity index (χ2n) is 0.204. The third kappa shape index (κ3) is 194.